The summed E-state index contributed by atoms with van der Waals surface area (Å²) in [6.07, 6.45) is 0. The lowest BCUT2D eigenvalue weighted by Crippen LogP contribution is -2.39. The lowest BCUT2D eigenvalue weighted by Gasteiger charge is -2.32. The monoisotopic (exact) mass is 407 g/mol. The molecule has 3 aromatic rings. The van der Waals surface area contributed by atoms with Crippen LogP contribution in [0.3, 0.4) is 0 Å². The molecule has 0 atom stereocenters. The summed E-state index contributed by atoms with van der Waals surface area (Å²) in [6, 6.07) is 13.5. The number of ether oxygens (including phenoxy) is 3. The summed E-state index contributed by atoms with van der Waals surface area (Å²) in [6.45, 7) is 1.99. The number of methoxy groups -OCH3 is 2. The number of para-hydroxylation sites is 2. The van der Waals surface area contributed by atoms with Gasteiger partial charge < -0.3 is 24.1 Å². The molecule has 1 aliphatic rings. The van der Waals surface area contributed by atoms with Crippen LogP contribution < -0.4 is 4.90 Å². The quantitative estimate of drug-likeness (QED) is 0.665. The van der Waals surface area contributed by atoms with Gasteiger partial charge in [-0.15, -0.1) is 0 Å². The van der Waals surface area contributed by atoms with E-state index in [9.17, 15) is 9.59 Å². The largest absolute Gasteiger partial charge is 0.466 e. The summed E-state index contributed by atoms with van der Waals surface area (Å²) >= 11 is 0. The van der Waals surface area contributed by atoms with Crippen molar-refractivity contribution in [1.29, 1.82) is 0 Å². The molecule has 4 rings (SSSR count). The molecular weight excluding hydrogens is 386 g/mol. The molecule has 1 N–H and O–H groups in total. The van der Waals surface area contributed by atoms with Gasteiger partial charge in [-0.05, 0) is 30.7 Å². The number of imidazole rings is 1. The van der Waals surface area contributed by atoms with E-state index in [-0.39, 0.29) is 24.6 Å². The van der Waals surface area contributed by atoms with E-state index in [1.54, 1.807) is 4.90 Å². The Kier molecular flexibility index (Phi) is 5.24. The zero-order chi connectivity index (χ0) is 21.3. The van der Waals surface area contributed by atoms with Gasteiger partial charge in [0.1, 0.15) is 18.3 Å². The Hall–Kier alpha value is -3.65. The molecule has 154 valence electrons. The second kappa shape index (κ2) is 8.00. The van der Waals surface area contributed by atoms with Gasteiger partial charge in [-0.1, -0.05) is 24.3 Å². The SMILES string of the molecule is COC(=O)C1=C(C(=O)OC)N(c2cccc(-c3nc4ccccc4[nH]3)c2C)COC1. The Balaban J connectivity index is 1.84. The number of hydrogen-bond donors (Lipinski definition) is 1. The zero-order valence-electron chi connectivity index (χ0n) is 16.9. The van der Waals surface area contributed by atoms with Gasteiger partial charge in [0.25, 0.3) is 0 Å². The number of aromatic nitrogens is 2. The highest BCUT2D eigenvalue weighted by Crippen LogP contribution is 2.34. The minimum absolute atomic E-state index is 0.0318. The van der Waals surface area contributed by atoms with Crippen LogP contribution in [0.15, 0.2) is 53.7 Å². The second-order valence-electron chi connectivity index (χ2n) is 6.77. The third-order valence-electron chi connectivity index (χ3n) is 5.07. The highest BCUT2D eigenvalue weighted by atomic mass is 16.5. The molecule has 0 spiro atoms. The number of rotatable bonds is 4. The van der Waals surface area contributed by atoms with Gasteiger partial charge in [-0.25, -0.2) is 14.6 Å². The molecule has 0 fully saturated rings. The summed E-state index contributed by atoms with van der Waals surface area (Å²) < 4.78 is 15.4. The Morgan fingerprint density at radius 3 is 2.57 bits per heavy atom. The number of esters is 2. The first-order chi connectivity index (χ1) is 14.5. The molecule has 0 saturated carbocycles. The standard InChI is InChI=1S/C22H21N3O5/c1-13-14(20-23-16-8-4-5-9-17(16)24-20)7-6-10-18(13)25-12-30-11-15(21(26)28-2)19(25)22(27)29-3/h4-10H,11-12H2,1-3H3,(H,23,24). The van der Waals surface area contributed by atoms with Crippen molar-refractivity contribution in [2.45, 2.75) is 6.92 Å². The number of anilines is 1. The van der Waals surface area contributed by atoms with Crippen LogP contribution in [0.5, 0.6) is 0 Å². The van der Waals surface area contributed by atoms with Crippen LogP contribution in [-0.2, 0) is 23.8 Å². The van der Waals surface area contributed by atoms with Crippen LogP contribution in [0.2, 0.25) is 0 Å². The number of H-pyrrole nitrogens is 1. The fourth-order valence-corrected chi connectivity index (χ4v) is 3.59. The van der Waals surface area contributed by atoms with E-state index in [0.29, 0.717) is 11.5 Å². The van der Waals surface area contributed by atoms with Gasteiger partial charge in [0.2, 0.25) is 0 Å². The summed E-state index contributed by atoms with van der Waals surface area (Å²) in [5.41, 5.74) is 4.47. The molecular formula is C22H21N3O5. The minimum Gasteiger partial charge on any atom is -0.466 e. The van der Waals surface area contributed by atoms with Gasteiger partial charge in [0.15, 0.2) is 0 Å². The first kappa shape index (κ1) is 19.7. The van der Waals surface area contributed by atoms with E-state index in [4.69, 9.17) is 14.2 Å². The lowest BCUT2D eigenvalue weighted by atomic mass is 10.0. The van der Waals surface area contributed by atoms with Crippen molar-refractivity contribution in [2.75, 3.05) is 32.5 Å². The Morgan fingerprint density at radius 2 is 1.83 bits per heavy atom. The maximum absolute atomic E-state index is 12.6. The van der Waals surface area contributed by atoms with Gasteiger partial charge in [0.05, 0.1) is 37.4 Å². The van der Waals surface area contributed by atoms with Crippen molar-refractivity contribution in [3.05, 3.63) is 59.3 Å². The summed E-state index contributed by atoms with van der Waals surface area (Å²) in [7, 11) is 2.53. The van der Waals surface area contributed by atoms with Gasteiger partial charge >= 0.3 is 11.9 Å². The van der Waals surface area contributed by atoms with E-state index < -0.39 is 11.9 Å². The number of hydrogen-bond acceptors (Lipinski definition) is 7. The van der Waals surface area contributed by atoms with E-state index in [2.05, 4.69) is 9.97 Å². The zero-order valence-corrected chi connectivity index (χ0v) is 16.9. The molecule has 0 amide bonds. The summed E-state index contributed by atoms with van der Waals surface area (Å²) in [5.74, 6) is -0.552. The van der Waals surface area contributed by atoms with Crippen molar-refractivity contribution < 1.29 is 23.8 Å². The Morgan fingerprint density at radius 1 is 1.07 bits per heavy atom. The fourth-order valence-electron chi connectivity index (χ4n) is 3.59. The van der Waals surface area contributed by atoms with Crippen molar-refractivity contribution in [3.8, 4) is 11.4 Å². The van der Waals surface area contributed by atoms with Gasteiger partial charge in [-0.3, -0.25) is 0 Å². The van der Waals surface area contributed by atoms with Crippen molar-refractivity contribution >= 4 is 28.7 Å². The number of carbonyl (C=O) groups is 2. The number of nitrogens with zero attached hydrogens (tertiary/aromatic N) is 2. The van der Waals surface area contributed by atoms with Gasteiger partial charge in [-0.2, -0.15) is 0 Å². The normalized spacial score (nSPS) is 14.2. The predicted molar refractivity (Wildman–Crippen MR) is 111 cm³/mol. The fraction of sp³-hybridized carbons (Fsp3) is 0.227. The van der Waals surface area contributed by atoms with Crippen LogP contribution >= 0.6 is 0 Å². The first-order valence-electron chi connectivity index (χ1n) is 9.35. The molecule has 8 nitrogen and oxygen atoms in total. The van der Waals surface area contributed by atoms with Crippen LogP contribution in [0.25, 0.3) is 22.4 Å². The number of carbonyl (C=O) groups excluding carboxylic acids is 2. The van der Waals surface area contributed by atoms with E-state index in [1.165, 1.54) is 14.2 Å². The molecule has 2 aromatic carbocycles. The van der Waals surface area contributed by atoms with Crippen molar-refractivity contribution in [3.63, 3.8) is 0 Å². The molecule has 0 aliphatic carbocycles. The minimum atomic E-state index is -0.633. The van der Waals surface area contributed by atoms with E-state index in [1.807, 2.05) is 49.4 Å². The molecule has 0 radical (unpaired) electrons. The third kappa shape index (κ3) is 3.31. The number of benzene rings is 2. The van der Waals surface area contributed by atoms with Crippen LogP contribution in [0, 0.1) is 6.92 Å². The molecule has 30 heavy (non-hydrogen) atoms. The van der Waals surface area contributed by atoms with Gasteiger partial charge in [0, 0.05) is 11.3 Å². The van der Waals surface area contributed by atoms with Crippen molar-refractivity contribution in [2.24, 2.45) is 0 Å². The Labute approximate surface area is 173 Å². The molecule has 1 aliphatic heterocycles. The van der Waals surface area contributed by atoms with Crippen LogP contribution in [0.4, 0.5) is 5.69 Å². The Bertz CT molecular complexity index is 1130. The molecule has 0 bridgehead atoms. The molecule has 8 heteroatoms. The average molecular weight is 407 g/mol. The number of fused-ring (bicyclic) bond motifs is 1. The average Bonchev–Trinajstić information content (AvgIpc) is 3.21. The molecule has 0 unspecified atom stereocenters. The number of nitrogens with one attached hydrogen (secondary N) is 1. The maximum Gasteiger partial charge on any atom is 0.355 e. The van der Waals surface area contributed by atoms with Crippen molar-refractivity contribution in [1.82, 2.24) is 9.97 Å². The lowest BCUT2D eigenvalue weighted by molar-refractivity contribution is -0.140. The van der Waals surface area contributed by atoms with E-state index >= 15 is 0 Å². The third-order valence-corrected chi connectivity index (χ3v) is 5.07. The second-order valence-corrected chi connectivity index (χ2v) is 6.77. The van der Waals surface area contributed by atoms with E-state index in [0.717, 1.165) is 22.2 Å². The highest BCUT2D eigenvalue weighted by Gasteiger charge is 2.33. The predicted octanol–water partition coefficient (Wildman–Crippen LogP) is 2.93. The topological polar surface area (TPSA) is 93.8 Å². The first-order valence-corrected chi connectivity index (χ1v) is 9.35. The maximum atomic E-state index is 12.6. The van der Waals surface area contributed by atoms with Crippen LogP contribution in [-0.4, -0.2) is 49.5 Å². The molecule has 1 aromatic heterocycles. The summed E-state index contributed by atoms with van der Waals surface area (Å²) in [4.78, 5) is 34.4. The highest BCUT2D eigenvalue weighted by molar-refractivity contribution is 6.03. The smallest absolute Gasteiger partial charge is 0.355 e. The summed E-state index contributed by atoms with van der Waals surface area (Å²) in [5, 5.41) is 0. The number of aromatic amines is 1. The van der Waals surface area contributed by atoms with Crippen LogP contribution in [0.1, 0.15) is 5.56 Å². The molecule has 2 heterocycles. The molecule has 0 saturated heterocycles.